The van der Waals surface area contributed by atoms with Gasteiger partial charge in [0.25, 0.3) is 0 Å². The Morgan fingerprint density at radius 1 is 0.889 bits per heavy atom. The van der Waals surface area contributed by atoms with Crippen LogP contribution in [0, 0.1) is 0 Å². The minimum absolute atomic E-state index is 0.182. The van der Waals surface area contributed by atoms with Crippen molar-refractivity contribution < 1.29 is 9.47 Å². The normalized spacial score (nSPS) is 21.0. The van der Waals surface area contributed by atoms with E-state index < -0.39 is 0 Å². The van der Waals surface area contributed by atoms with Crippen LogP contribution in [-0.2, 0) is 0 Å². The van der Waals surface area contributed by atoms with Crippen molar-refractivity contribution in [1.29, 1.82) is 0 Å². The number of rotatable bonds is 1. The molecule has 1 atom stereocenters. The number of benzene rings is 2. The molecule has 2 nitrogen and oxygen atoms in total. The highest BCUT2D eigenvalue weighted by Crippen LogP contribution is 2.46. The molecule has 3 heteroatoms. The van der Waals surface area contributed by atoms with E-state index in [-0.39, 0.29) is 6.29 Å². The molecule has 0 saturated heterocycles. The third-order valence-electron chi connectivity index (χ3n) is 3.40. The fourth-order valence-electron chi connectivity index (χ4n) is 2.50. The lowest BCUT2D eigenvalue weighted by atomic mass is 10.0. The van der Waals surface area contributed by atoms with Crippen LogP contribution >= 0.6 is 11.8 Å². The van der Waals surface area contributed by atoms with Crippen molar-refractivity contribution >= 4 is 11.8 Å². The van der Waals surface area contributed by atoms with Gasteiger partial charge in [-0.1, -0.05) is 30.3 Å². The van der Waals surface area contributed by atoms with E-state index in [0.29, 0.717) is 5.92 Å². The topological polar surface area (TPSA) is 18.5 Å². The zero-order chi connectivity index (χ0) is 11.9. The van der Waals surface area contributed by atoms with E-state index in [2.05, 4.69) is 24.3 Å². The highest BCUT2D eigenvalue weighted by atomic mass is 32.2. The molecule has 2 aliphatic rings. The summed E-state index contributed by atoms with van der Waals surface area (Å²) in [6, 6.07) is 16.4. The predicted molar refractivity (Wildman–Crippen MR) is 71.4 cm³/mol. The molecule has 1 unspecified atom stereocenters. The van der Waals surface area contributed by atoms with Crippen molar-refractivity contribution in [3.05, 3.63) is 54.1 Å². The van der Waals surface area contributed by atoms with Gasteiger partial charge < -0.3 is 9.47 Å². The lowest BCUT2D eigenvalue weighted by Gasteiger charge is -2.17. The number of hydrogen-bond donors (Lipinski definition) is 0. The summed E-state index contributed by atoms with van der Waals surface area (Å²) in [6.45, 7) is 0. The van der Waals surface area contributed by atoms with Crippen LogP contribution in [0.5, 0.6) is 11.5 Å². The molecule has 90 valence electrons. The summed E-state index contributed by atoms with van der Waals surface area (Å²) < 4.78 is 11.8. The van der Waals surface area contributed by atoms with E-state index >= 15 is 0 Å². The van der Waals surface area contributed by atoms with E-state index in [1.165, 1.54) is 10.5 Å². The summed E-state index contributed by atoms with van der Waals surface area (Å²) in [4.78, 5) is 1.35. The third kappa shape index (κ3) is 1.51. The van der Waals surface area contributed by atoms with Gasteiger partial charge >= 0.3 is 0 Å². The summed E-state index contributed by atoms with van der Waals surface area (Å²) in [6.07, 6.45) is -0.182. The lowest BCUT2D eigenvalue weighted by Crippen LogP contribution is -2.27. The minimum atomic E-state index is -0.182. The molecule has 2 aliphatic heterocycles. The quantitative estimate of drug-likeness (QED) is 0.775. The maximum absolute atomic E-state index is 5.91. The SMILES string of the molecule is c1ccc2c(c1)OC(C1CSc3ccccc31)O2. The van der Waals surface area contributed by atoms with Crippen LogP contribution in [0.4, 0.5) is 0 Å². The minimum Gasteiger partial charge on any atom is -0.450 e. The van der Waals surface area contributed by atoms with Gasteiger partial charge in [-0.05, 0) is 23.8 Å². The van der Waals surface area contributed by atoms with Gasteiger partial charge in [-0.25, -0.2) is 0 Å². The summed E-state index contributed by atoms with van der Waals surface area (Å²) in [5.74, 6) is 3.06. The van der Waals surface area contributed by atoms with Crippen molar-refractivity contribution in [2.45, 2.75) is 17.1 Å². The third-order valence-corrected chi connectivity index (χ3v) is 4.61. The standard InChI is InChI=1S/C15H12O2S/c1-4-8-14-10(5-1)11(9-18-14)15-16-12-6-2-3-7-13(12)17-15/h1-8,11,15H,9H2. The predicted octanol–water partition coefficient (Wildman–Crippen LogP) is 3.67. The average Bonchev–Trinajstić information content (AvgIpc) is 3.02. The Balaban J connectivity index is 1.65. The molecule has 0 saturated carbocycles. The fraction of sp³-hybridized carbons (Fsp3) is 0.200. The van der Waals surface area contributed by atoms with Gasteiger partial charge in [0.2, 0.25) is 6.29 Å². The fourth-order valence-corrected chi connectivity index (χ4v) is 3.75. The van der Waals surface area contributed by atoms with E-state index in [0.717, 1.165) is 17.3 Å². The van der Waals surface area contributed by atoms with Crippen LogP contribution in [0.25, 0.3) is 0 Å². The van der Waals surface area contributed by atoms with Crippen molar-refractivity contribution in [3.63, 3.8) is 0 Å². The maximum atomic E-state index is 5.91. The molecule has 0 fully saturated rings. The van der Waals surface area contributed by atoms with Gasteiger partial charge in [0.1, 0.15) is 0 Å². The first-order valence-corrected chi connectivity index (χ1v) is 7.04. The number of thioether (sulfide) groups is 1. The van der Waals surface area contributed by atoms with Crippen LogP contribution < -0.4 is 9.47 Å². The van der Waals surface area contributed by atoms with Crippen molar-refractivity contribution in [3.8, 4) is 11.5 Å². The number of para-hydroxylation sites is 2. The molecule has 0 radical (unpaired) electrons. The zero-order valence-corrected chi connectivity index (χ0v) is 10.5. The molecule has 0 aliphatic carbocycles. The molecule has 18 heavy (non-hydrogen) atoms. The van der Waals surface area contributed by atoms with Gasteiger partial charge in [-0.3, -0.25) is 0 Å². The monoisotopic (exact) mass is 256 g/mol. The molecule has 2 heterocycles. The second-order valence-electron chi connectivity index (χ2n) is 4.51. The molecule has 2 aromatic carbocycles. The van der Waals surface area contributed by atoms with Gasteiger partial charge in [-0.15, -0.1) is 11.8 Å². The van der Waals surface area contributed by atoms with Crippen LogP contribution in [0.3, 0.4) is 0 Å². The Bertz CT molecular complexity index is 572. The Hall–Kier alpha value is -1.61. The number of ether oxygens (including phenoxy) is 2. The second-order valence-corrected chi connectivity index (χ2v) is 5.57. The maximum Gasteiger partial charge on any atom is 0.249 e. The Kier molecular flexibility index (Phi) is 2.27. The van der Waals surface area contributed by atoms with Crippen LogP contribution in [-0.4, -0.2) is 12.0 Å². The zero-order valence-electron chi connectivity index (χ0n) is 9.71. The molecular weight excluding hydrogens is 244 g/mol. The van der Waals surface area contributed by atoms with E-state index in [9.17, 15) is 0 Å². The van der Waals surface area contributed by atoms with E-state index in [4.69, 9.17) is 9.47 Å². The summed E-state index contributed by atoms with van der Waals surface area (Å²) in [5, 5.41) is 0. The number of hydrogen-bond acceptors (Lipinski definition) is 3. The molecule has 2 aromatic rings. The molecule has 0 amide bonds. The number of fused-ring (bicyclic) bond motifs is 2. The first kappa shape index (κ1) is 10.3. The van der Waals surface area contributed by atoms with Crippen molar-refractivity contribution in [1.82, 2.24) is 0 Å². The van der Waals surface area contributed by atoms with Gasteiger partial charge in [0.15, 0.2) is 11.5 Å². The smallest absolute Gasteiger partial charge is 0.249 e. The summed E-state index contributed by atoms with van der Waals surface area (Å²) in [5.41, 5.74) is 1.35. The molecule has 0 spiro atoms. The first-order valence-electron chi connectivity index (χ1n) is 6.06. The summed E-state index contributed by atoms with van der Waals surface area (Å²) in [7, 11) is 0. The van der Waals surface area contributed by atoms with Crippen molar-refractivity contribution in [2.75, 3.05) is 5.75 Å². The van der Waals surface area contributed by atoms with E-state index in [1.807, 2.05) is 36.0 Å². The highest BCUT2D eigenvalue weighted by molar-refractivity contribution is 7.99. The summed E-state index contributed by atoms with van der Waals surface area (Å²) >= 11 is 1.88. The van der Waals surface area contributed by atoms with E-state index in [1.54, 1.807) is 0 Å². The highest BCUT2D eigenvalue weighted by Gasteiger charge is 2.37. The Morgan fingerprint density at radius 2 is 1.56 bits per heavy atom. The van der Waals surface area contributed by atoms with Crippen LogP contribution in [0.1, 0.15) is 11.5 Å². The van der Waals surface area contributed by atoms with Gasteiger partial charge in [0, 0.05) is 10.6 Å². The van der Waals surface area contributed by atoms with Crippen LogP contribution in [0.15, 0.2) is 53.4 Å². The second kappa shape index (κ2) is 3.95. The molecule has 0 bridgehead atoms. The van der Waals surface area contributed by atoms with Crippen LogP contribution in [0.2, 0.25) is 0 Å². The molecule has 0 N–H and O–H groups in total. The Labute approximate surface area is 110 Å². The molecule has 4 rings (SSSR count). The lowest BCUT2D eigenvalue weighted by molar-refractivity contribution is 0.0306. The first-order chi connectivity index (χ1) is 8.92. The average molecular weight is 256 g/mol. The van der Waals surface area contributed by atoms with Gasteiger partial charge in [0.05, 0.1) is 5.92 Å². The molecule has 0 aromatic heterocycles. The van der Waals surface area contributed by atoms with Crippen molar-refractivity contribution in [2.24, 2.45) is 0 Å². The van der Waals surface area contributed by atoms with Gasteiger partial charge in [-0.2, -0.15) is 0 Å². The Morgan fingerprint density at radius 3 is 2.33 bits per heavy atom. The largest absolute Gasteiger partial charge is 0.450 e. The molecular formula is C15H12O2S.